The molecule has 136 valence electrons. The van der Waals surface area contributed by atoms with Crippen LogP contribution < -0.4 is 5.43 Å². The van der Waals surface area contributed by atoms with Crippen molar-refractivity contribution in [1.82, 2.24) is 14.9 Å². The largest absolute Gasteiger partial charge is 0.459 e. The second kappa shape index (κ2) is 7.60. The maximum Gasteiger partial charge on any atom is 0.214 e. The van der Waals surface area contributed by atoms with Crippen LogP contribution in [-0.2, 0) is 6.54 Å². The lowest BCUT2D eigenvalue weighted by Crippen LogP contribution is -2.15. The molecule has 27 heavy (non-hydrogen) atoms. The van der Waals surface area contributed by atoms with E-state index in [0.717, 1.165) is 16.9 Å². The summed E-state index contributed by atoms with van der Waals surface area (Å²) in [5.41, 5.74) is 4.97. The Kier molecular flexibility index (Phi) is 5.03. The Morgan fingerprint density at radius 3 is 2.67 bits per heavy atom. The third kappa shape index (κ3) is 3.78. The van der Waals surface area contributed by atoms with E-state index in [1.165, 1.54) is 0 Å². The normalized spacial score (nSPS) is 10.9. The highest BCUT2D eigenvalue weighted by molar-refractivity contribution is 7.71. The van der Waals surface area contributed by atoms with E-state index in [0.29, 0.717) is 32.9 Å². The molecule has 0 unspecified atom stereocenters. The number of H-pyrrole nitrogens is 1. The van der Waals surface area contributed by atoms with Crippen LogP contribution in [-0.4, -0.2) is 14.9 Å². The highest BCUT2D eigenvalue weighted by Gasteiger charge is 2.11. The van der Waals surface area contributed by atoms with Gasteiger partial charge in [0.05, 0.1) is 11.6 Å². The highest BCUT2D eigenvalue weighted by atomic mass is 35.5. The molecule has 0 amide bonds. The SMILES string of the molecule is S=c1[nH]nc(-c2ccccc2)n1NCc1ccc(-c2ccc(Cl)cc2Cl)o1. The van der Waals surface area contributed by atoms with Crippen molar-refractivity contribution in [2.45, 2.75) is 6.54 Å². The number of furan rings is 1. The zero-order chi connectivity index (χ0) is 18.8. The maximum atomic E-state index is 6.25. The average molecular weight is 417 g/mol. The van der Waals surface area contributed by atoms with Gasteiger partial charge in [0.1, 0.15) is 11.5 Å². The fourth-order valence-electron chi connectivity index (χ4n) is 2.69. The predicted molar refractivity (Wildman–Crippen MR) is 110 cm³/mol. The molecule has 0 atom stereocenters. The van der Waals surface area contributed by atoms with Gasteiger partial charge in [0.15, 0.2) is 5.82 Å². The minimum absolute atomic E-state index is 0.429. The van der Waals surface area contributed by atoms with Gasteiger partial charge in [-0.2, -0.15) is 5.10 Å². The summed E-state index contributed by atoms with van der Waals surface area (Å²) >= 11 is 17.5. The summed E-state index contributed by atoms with van der Waals surface area (Å²) in [6.07, 6.45) is 0. The van der Waals surface area contributed by atoms with Crippen molar-refractivity contribution < 1.29 is 4.42 Å². The van der Waals surface area contributed by atoms with Crippen LogP contribution in [0.15, 0.2) is 65.1 Å². The first-order valence-corrected chi connectivity index (χ1v) is 9.29. The lowest BCUT2D eigenvalue weighted by molar-refractivity contribution is 0.523. The van der Waals surface area contributed by atoms with Crippen LogP contribution in [0.2, 0.25) is 10.0 Å². The predicted octanol–water partition coefficient (Wildman–Crippen LogP) is 5.92. The number of hydrogen-bond acceptors (Lipinski definition) is 4. The zero-order valence-electron chi connectivity index (χ0n) is 13.9. The summed E-state index contributed by atoms with van der Waals surface area (Å²) < 4.78 is 8.10. The summed E-state index contributed by atoms with van der Waals surface area (Å²) in [4.78, 5) is 0. The molecular weight excluding hydrogens is 403 g/mol. The number of hydrogen-bond donors (Lipinski definition) is 2. The van der Waals surface area contributed by atoms with Crippen LogP contribution in [0, 0.1) is 4.77 Å². The lowest BCUT2D eigenvalue weighted by Gasteiger charge is -2.08. The van der Waals surface area contributed by atoms with Crippen LogP contribution in [0.3, 0.4) is 0 Å². The van der Waals surface area contributed by atoms with Crippen LogP contribution in [0.1, 0.15) is 5.76 Å². The molecule has 4 rings (SSSR count). The number of nitrogens with one attached hydrogen (secondary N) is 2. The van der Waals surface area contributed by atoms with Gasteiger partial charge in [-0.25, -0.2) is 9.77 Å². The fraction of sp³-hybridized carbons (Fsp3) is 0.0526. The number of aromatic nitrogens is 3. The topological polar surface area (TPSA) is 58.8 Å². The average Bonchev–Trinajstić information content (AvgIpc) is 3.27. The van der Waals surface area contributed by atoms with E-state index in [9.17, 15) is 0 Å². The van der Waals surface area contributed by atoms with Crippen molar-refractivity contribution in [2.75, 3.05) is 5.43 Å². The van der Waals surface area contributed by atoms with Gasteiger partial charge in [0.25, 0.3) is 0 Å². The molecule has 2 aromatic carbocycles. The van der Waals surface area contributed by atoms with Crippen molar-refractivity contribution in [3.8, 4) is 22.7 Å². The second-order valence-corrected chi connectivity index (χ2v) is 7.01. The van der Waals surface area contributed by atoms with E-state index in [2.05, 4.69) is 15.6 Å². The van der Waals surface area contributed by atoms with Gasteiger partial charge in [-0.05, 0) is 42.5 Å². The molecule has 5 nitrogen and oxygen atoms in total. The standard InChI is InChI=1S/C19H14Cl2N4OS/c20-13-6-8-15(16(21)10-13)17-9-7-14(26-17)11-22-25-18(23-24-19(25)27)12-4-2-1-3-5-12/h1-10,22H,11H2,(H,24,27). The Labute approximate surface area is 170 Å². The lowest BCUT2D eigenvalue weighted by atomic mass is 10.2. The molecule has 0 bridgehead atoms. The monoisotopic (exact) mass is 416 g/mol. The van der Waals surface area contributed by atoms with E-state index in [-0.39, 0.29) is 0 Å². The summed E-state index contributed by atoms with van der Waals surface area (Å²) in [7, 11) is 0. The van der Waals surface area contributed by atoms with Gasteiger partial charge in [-0.1, -0.05) is 53.5 Å². The molecule has 0 aliphatic carbocycles. The Bertz CT molecular complexity index is 1130. The molecule has 4 aromatic rings. The minimum atomic E-state index is 0.429. The van der Waals surface area contributed by atoms with Crippen LogP contribution in [0.5, 0.6) is 0 Å². The molecule has 2 heterocycles. The first-order chi connectivity index (χ1) is 13.1. The minimum Gasteiger partial charge on any atom is -0.459 e. The van der Waals surface area contributed by atoms with Crippen molar-refractivity contribution in [3.05, 3.63) is 81.2 Å². The molecule has 0 saturated carbocycles. The second-order valence-electron chi connectivity index (χ2n) is 5.78. The quantitative estimate of drug-likeness (QED) is 0.396. The van der Waals surface area contributed by atoms with Crippen molar-refractivity contribution in [2.24, 2.45) is 0 Å². The summed E-state index contributed by atoms with van der Waals surface area (Å²) in [5, 5.41) is 8.23. The van der Waals surface area contributed by atoms with Crippen molar-refractivity contribution in [1.29, 1.82) is 0 Å². The maximum absolute atomic E-state index is 6.25. The molecule has 8 heteroatoms. The molecule has 0 aliphatic heterocycles. The smallest absolute Gasteiger partial charge is 0.214 e. The molecular formula is C19H14Cl2N4OS. The molecule has 0 saturated heterocycles. The Morgan fingerprint density at radius 1 is 1.07 bits per heavy atom. The van der Waals surface area contributed by atoms with E-state index >= 15 is 0 Å². The fourth-order valence-corrected chi connectivity index (χ4v) is 3.39. The van der Waals surface area contributed by atoms with Crippen LogP contribution in [0.4, 0.5) is 0 Å². The first-order valence-electron chi connectivity index (χ1n) is 8.12. The van der Waals surface area contributed by atoms with Crippen molar-refractivity contribution in [3.63, 3.8) is 0 Å². The molecule has 2 aromatic heterocycles. The molecule has 0 aliphatic rings. The molecule has 2 N–H and O–H groups in total. The molecule has 0 fully saturated rings. The Balaban J connectivity index is 1.55. The van der Waals surface area contributed by atoms with E-state index in [1.807, 2.05) is 48.5 Å². The van der Waals surface area contributed by atoms with E-state index < -0.39 is 0 Å². The van der Waals surface area contributed by atoms with Gasteiger partial charge < -0.3 is 9.84 Å². The summed E-state index contributed by atoms with van der Waals surface area (Å²) in [5.74, 6) is 2.11. The number of benzene rings is 2. The summed E-state index contributed by atoms with van der Waals surface area (Å²) in [6.45, 7) is 0.429. The van der Waals surface area contributed by atoms with Gasteiger partial charge in [0.2, 0.25) is 4.77 Å². The third-order valence-corrected chi connectivity index (χ3v) is 4.80. The van der Waals surface area contributed by atoms with E-state index in [1.54, 1.807) is 16.8 Å². The first kappa shape index (κ1) is 17.9. The summed E-state index contributed by atoms with van der Waals surface area (Å²) in [6, 6.07) is 18.9. The Morgan fingerprint density at radius 2 is 1.89 bits per heavy atom. The van der Waals surface area contributed by atoms with E-state index in [4.69, 9.17) is 39.8 Å². The van der Waals surface area contributed by atoms with Gasteiger partial charge >= 0.3 is 0 Å². The number of rotatable bonds is 5. The number of aromatic amines is 1. The van der Waals surface area contributed by atoms with Gasteiger partial charge in [0, 0.05) is 16.1 Å². The highest BCUT2D eigenvalue weighted by Crippen LogP contribution is 2.31. The number of halogens is 2. The van der Waals surface area contributed by atoms with Crippen molar-refractivity contribution >= 4 is 35.4 Å². The zero-order valence-corrected chi connectivity index (χ0v) is 16.3. The molecule has 0 spiro atoms. The van der Waals surface area contributed by atoms with Gasteiger partial charge in [-0.3, -0.25) is 0 Å². The van der Waals surface area contributed by atoms with Crippen LogP contribution in [0.25, 0.3) is 22.7 Å². The van der Waals surface area contributed by atoms with Crippen LogP contribution >= 0.6 is 35.4 Å². The molecule has 0 radical (unpaired) electrons. The number of nitrogens with zero attached hydrogens (tertiary/aromatic N) is 2. The third-order valence-electron chi connectivity index (χ3n) is 3.97. The van der Waals surface area contributed by atoms with Gasteiger partial charge in [-0.15, -0.1) is 0 Å². The Hall–Kier alpha value is -2.54.